The summed E-state index contributed by atoms with van der Waals surface area (Å²) >= 11 is 0. The van der Waals surface area contributed by atoms with Crippen molar-refractivity contribution in [2.45, 2.75) is 6.54 Å². The van der Waals surface area contributed by atoms with E-state index in [0.29, 0.717) is 12.2 Å². The topological polar surface area (TPSA) is 93.3 Å². The molecule has 0 radical (unpaired) electrons. The van der Waals surface area contributed by atoms with E-state index in [1.165, 1.54) is 23.1 Å². The number of nitro benzene ring substituents is 1. The number of aromatic nitrogens is 2. The molecule has 0 aliphatic carbocycles. The van der Waals surface area contributed by atoms with E-state index in [0.717, 1.165) is 11.3 Å². The lowest BCUT2D eigenvalue weighted by molar-refractivity contribution is -0.384. The zero-order valence-electron chi connectivity index (χ0n) is 14.1. The maximum Gasteiger partial charge on any atom is 0.321 e. The molecule has 2 aromatic carbocycles. The second kappa shape index (κ2) is 7.47. The van der Waals surface area contributed by atoms with E-state index in [-0.39, 0.29) is 11.7 Å². The van der Waals surface area contributed by atoms with Crippen molar-refractivity contribution in [2.75, 3.05) is 12.4 Å². The number of non-ortho nitro benzene ring substituents is 1. The minimum atomic E-state index is -0.503. The number of nitrogens with zero attached hydrogens (tertiary/aromatic N) is 4. The second-order valence-electron chi connectivity index (χ2n) is 5.72. The average molecular weight is 351 g/mol. The highest BCUT2D eigenvalue weighted by molar-refractivity contribution is 5.89. The fraction of sp³-hybridized carbons (Fsp3) is 0.111. The van der Waals surface area contributed by atoms with E-state index >= 15 is 0 Å². The van der Waals surface area contributed by atoms with Gasteiger partial charge in [0.05, 0.1) is 23.4 Å². The number of urea groups is 1. The van der Waals surface area contributed by atoms with Gasteiger partial charge in [0.1, 0.15) is 0 Å². The van der Waals surface area contributed by atoms with Gasteiger partial charge in [-0.1, -0.05) is 24.3 Å². The molecule has 1 heterocycles. The molecule has 0 bridgehead atoms. The summed E-state index contributed by atoms with van der Waals surface area (Å²) in [5.74, 6) is 0. The van der Waals surface area contributed by atoms with Gasteiger partial charge in [-0.25, -0.2) is 9.48 Å². The van der Waals surface area contributed by atoms with Gasteiger partial charge in [-0.3, -0.25) is 10.1 Å². The number of hydrogen-bond acceptors (Lipinski definition) is 4. The number of nitro groups is 1. The molecule has 0 saturated heterocycles. The summed E-state index contributed by atoms with van der Waals surface area (Å²) in [6.07, 6.45) is 3.55. The maximum atomic E-state index is 12.3. The predicted molar refractivity (Wildman–Crippen MR) is 97.1 cm³/mol. The molecule has 3 rings (SSSR count). The van der Waals surface area contributed by atoms with Crippen LogP contribution in [0.5, 0.6) is 0 Å². The molecule has 8 nitrogen and oxygen atoms in total. The fourth-order valence-corrected chi connectivity index (χ4v) is 2.43. The summed E-state index contributed by atoms with van der Waals surface area (Å²) in [5.41, 5.74) is 2.10. The molecular formula is C18H17N5O3. The normalized spacial score (nSPS) is 10.3. The second-order valence-corrected chi connectivity index (χ2v) is 5.72. The number of amides is 2. The number of anilines is 1. The number of hydrogen-bond donors (Lipinski definition) is 1. The number of carbonyl (C=O) groups is 1. The van der Waals surface area contributed by atoms with Gasteiger partial charge in [-0.15, -0.1) is 0 Å². The third-order valence-electron chi connectivity index (χ3n) is 3.73. The molecule has 0 fully saturated rings. The Kier molecular flexibility index (Phi) is 4.93. The van der Waals surface area contributed by atoms with Crippen LogP contribution in [-0.2, 0) is 6.54 Å². The van der Waals surface area contributed by atoms with Gasteiger partial charge in [0.25, 0.3) is 5.69 Å². The smallest absolute Gasteiger partial charge is 0.321 e. The first kappa shape index (κ1) is 17.2. The third-order valence-corrected chi connectivity index (χ3v) is 3.73. The predicted octanol–water partition coefficient (Wildman–Crippen LogP) is 3.44. The van der Waals surface area contributed by atoms with E-state index in [1.807, 2.05) is 36.5 Å². The largest absolute Gasteiger partial charge is 0.323 e. The maximum absolute atomic E-state index is 12.3. The monoisotopic (exact) mass is 351 g/mol. The Bertz CT molecular complexity index is 923. The van der Waals surface area contributed by atoms with Crippen LogP contribution < -0.4 is 5.32 Å². The highest BCUT2D eigenvalue weighted by Crippen LogP contribution is 2.17. The van der Waals surface area contributed by atoms with Crippen molar-refractivity contribution >= 4 is 17.4 Å². The molecule has 2 amide bonds. The molecule has 0 aliphatic heterocycles. The van der Waals surface area contributed by atoms with Gasteiger partial charge in [0.15, 0.2) is 0 Å². The standard InChI is InChI=1S/C18H17N5O3/c1-21(18(24)20-15-6-5-9-17(10-15)23(25)26)12-14-11-19-22(13-14)16-7-3-2-4-8-16/h2-11,13H,12H2,1H3,(H,20,24). The van der Waals surface area contributed by atoms with Crippen LogP contribution in [0.4, 0.5) is 16.2 Å². The lowest BCUT2D eigenvalue weighted by Gasteiger charge is -2.17. The Morgan fingerprint density at radius 3 is 2.73 bits per heavy atom. The van der Waals surface area contributed by atoms with Gasteiger partial charge in [0.2, 0.25) is 0 Å². The number of nitrogens with one attached hydrogen (secondary N) is 1. The van der Waals surface area contributed by atoms with Crippen LogP contribution >= 0.6 is 0 Å². The van der Waals surface area contributed by atoms with Crippen molar-refractivity contribution in [1.82, 2.24) is 14.7 Å². The van der Waals surface area contributed by atoms with Crippen molar-refractivity contribution in [1.29, 1.82) is 0 Å². The number of benzene rings is 2. The quantitative estimate of drug-likeness (QED) is 0.563. The first-order valence-electron chi connectivity index (χ1n) is 7.88. The summed E-state index contributed by atoms with van der Waals surface area (Å²) < 4.78 is 1.74. The van der Waals surface area contributed by atoms with Crippen LogP contribution in [0.2, 0.25) is 0 Å². The first-order chi connectivity index (χ1) is 12.5. The SMILES string of the molecule is CN(Cc1cnn(-c2ccccc2)c1)C(=O)Nc1cccc([N+](=O)[O-])c1. The molecule has 0 atom stereocenters. The summed E-state index contributed by atoms with van der Waals surface area (Å²) in [7, 11) is 1.65. The molecule has 26 heavy (non-hydrogen) atoms. The van der Waals surface area contributed by atoms with Crippen molar-refractivity contribution in [3.63, 3.8) is 0 Å². The van der Waals surface area contributed by atoms with Crippen LogP contribution in [0.1, 0.15) is 5.56 Å². The first-order valence-corrected chi connectivity index (χ1v) is 7.88. The van der Waals surface area contributed by atoms with Gasteiger partial charge in [-0.05, 0) is 18.2 Å². The van der Waals surface area contributed by atoms with Crippen molar-refractivity contribution in [3.8, 4) is 5.69 Å². The highest BCUT2D eigenvalue weighted by atomic mass is 16.6. The van der Waals surface area contributed by atoms with Gasteiger partial charge in [0, 0.05) is 36.6 Å². The molecule has 1 N–H and O–H groups in total. The zero-order valence-corrected chi connectivity index (χ0v) is 14.1. The summed E-state index contributed by atoms with van der Waals surface area (Å²) in [6, 6.07) is 15.1. The molecule has 0 saturated carbocycles. The summed E-state index contributed by atoms with van der Waals surface area (Å²) in [6.45, 7) is 0.355. The average Bonchev–Trinajstić information content (AvgIpc) is 3.11. The zero-order chi connectivity index (χ0) is 18.5. The van der Waals surface area contributed by atoms with Crippen LogP contribution in [0, 0.1) is 10.1 Å². The highest BCUT2D eigenvalue weighted by Gasteiger charge is 2.13. The van der Waals surface area contributed by atoms with E-state index in [9.17, 15) is 14.9 Å². The molecule has 0 aliphatic rings. The Morgan fingerprint density at radius 1 is 1.23 bits per heavy atom. The number of rotatable bonds is 5. The summed E-state index contributed by atoms with van der Waals surface area (Å²) in [4.78, 5) is 24.1. The van der Waals surface area contributed by atoms with Crippen molar-refractivity contribution < 1.29 is 9.72 Å². The van der Waals surface area contributed by atoms with Crippen LogP contribution in [0.3, 0.4) is 0 Å². The van der Waals surface area contributed by atoms with Crippen molar-refractivity contribution in [2.24, 2.45) is 0 Å². The van der Waals surface area contributed by atoms with Crippen LogP contribution in [-0.4, -0.2) is 32.7 Å². The molecule has 0 spiro atoms. The Hall–Kier alpha value is -3.68. The molecule has 0 unspecified atom stereocenters. The Morgan fingerprint density at radius 2 is 2.00 bits per heavy atom. The summed E-state index contributed by atoms with van der Waals surface area (Å²) in [5, 5.41) is 17.8. The lowest BCUT2D eigenvalue weighted by atomic mass is 10.3. The van der Waals surface area contributed by atoms with Gasteiger partial charge >= 0.3 is 6.03 Å². The minimum Gasteiger partial charge on any atom is -0.323 e. The molecular weight excluding hydrogens is 334 g/mol. The lowest BCUT2D eigenvalue weighted by Crippen LogP contribution is -2.30. The molecule has 8 heteroatoms. The minimum absolute atomic E-state index is 0.0745. The Balaban J connectivity index is 1.64. The van der Waals surface area contributed by atoms with E-state index in [2.05, 4.69) is 10.4 Å². The van der Waals surface area contributed by atoms with Gasteiger partial charge in [-0.2, -0.15) is 5.10 Å². The van der Waals surface area contributed by atoms with E-state index in [4.69, 9.17) is 0 Å². The number of para-hydroxylation sites is 1. The molecule has 3 aromatic rings. The van der Waals surface area contributed by atoms with Crippen LogP contribution in [0.15, 0.2) is 67.0 Å². The van der Waals surface area contributed by atoms with Crippen molar-refractivity contribution in [3.05, 3.63) is 82.7 Å². The third kappa shape index (κ3) is 4.04. The van der Waals surface area contributed by atoms with E-state index < -0.39 is 4.92 Å². The van der Waals surface area contributed by atoms with E-state index in [1.54, 1.807) is 24.0 Å². The fourth-order valence-electron chi connectivity index (χ4n) is 2.43. The molecule has 132 valence electrons. The van der Waals surface area contributed by atoms with Crippen LogP contribution in [0.25, 0.3) is 5.69 Å². The Labute approximate surface area is 149 Å². The number of carbonyl (C=O) groups excluding carboxylic acids is 1. The van der Waals surface area contributed by atoms with Gasteiger partial charge < -0.3 is 10.2 Å². The molecule has 1 aromatic heterocycles.